The summed E-state index contributed by atoms with van der Waals surface area (Å²) in [5.41, 5.74) is 6.06. The Labute approximate surface area is 122 Å². The third-order valence-corrected chi connectivity index (χ3v) is 3.01. The lowest BCUT2D eigenvalue weighted by Gasteiger charge is -2.16. The maximum atomic E-state index is 13.5. The number of nitrogens with two attached hydrogens (primary N) is 1. The van der Waals surface area contributed by atoms with Crippen LogP contribution in [0.4, 0.5) is 15.8 Å². The molecular weight excluding hydrogens is 273 g/mol. The maximum Gasteiger partial charge on any atom is 0.238 e. The minimum Gasteiger partial charge on any atom is -0.399 e. The Balaban J connectivity index is 1.92. The second-order valence-corrected chi connectivity index (χ2v) is 4.91. The molecule has 0 spiro atoms. The molecule has 0 aliphatic rings. The summed E-state index contributed by atoms with van der Waals surface area (Å²) in [6.45, 7) is 0.650. The Kier molecular flexibility index (Phi) is 4.54. The van der Waals surface area contributed by atoms with Gasteiger partial charge in [-0.25, -0.2) is 9.37 Å². The highest BCUT2D eigenvalue weighted by molar-refractivity contribution is 5.92. The first-order valence-electron chi connectivity index (χ1n) is 6.45. The van der Waals surface area contributed by atoms with Crippen LogP contribution in [0, 0.1) is 5.82 Å². The van der Waals surface area contributed by atoms with Crippen molar-refractivity contribution >= 4 is 17.3 Å². The van der Waals surface area contributed by atoms with Crippen molar-refractivity contribution in [1.29, 1.82) is 0 Å². The molecule has 7 heteroatoms. The summed E-state index contributed by atoms with van der Waals surface area (Å²) < 4.78 is 15.4. The molecule has 0 saturated carbocycles. The molecule has 0 bridgehead atoms. The first-order valence-corrected chi connectivity index (χ1v) is 6.45. The number of hydrogen-bond donors (Lipinski definition) is 2. The van der Waals surface area contributed by atoms with Gasteiger partial charge in [0.2, 0.25) is 5.91 Å². The molecule has 1 aromatic heterocycles. The van der Waals surface area contributed by atoms with Gasteiger partial charge in [-0.1, -0.05) is 0 Å². The Bertz CT molecular complexity index is 640. The van der Waals surface area contributed by atoms with E-state index in [-0.39, 0.29) is 18.1 Å². The summed E-state index contributed by atoms with van der Waals surface area (Å²) in [5.74, 6) is 0.0287. The Hall–Kier alpha value is -2.41. The molecule has 0 fully saturated rings. The summed E-state index contributed by atoms with van der Waals surface area (Å²) in [6, 6.07) is 4.06. The average Bonchev–Trinajstić information content (AvgIpc) is 2.79. The average molecular weight is 291 g/mol. The van der Waals surface area contributed by atoms with Crippen molar-refractivity contribution in [2.45, 2.75) is 6.54 Å². The number of hydrogen-bond acceptors (Lipinski definition) is 4. The molecule has 0 radical (unpaired) electrons. The highest BCUT2D eigenvalue weighted by Gasteiger charge is 2.11. The number of rotatable bonds is 5. The quantitative estimate of drug-likeness (QED) is 0.812. The minimum atomic E-state index is -0.510. The Morgan fingerprint density at radius 1 is 1.52 bits per heavy atom. The molecule has 0 unspecified atom stereocenters. The van der Waals surface area contributed by atoms with Gasteiger partial charge in [0.05, 0.1) is 18.8 Å². The third kappa shape index (κ3) is 4.03. The van der Waals surface area contributed by atoms with Crippen molar-refractivity contribution in [3.05, 3.63) is 42.2 Å². The lowest BCUT2D eigenvalue weighted by molar-refractivity contribution is -0.117. The molecule has 2 rings (SSSR count). The van der Waals surface area contributed by atoms with Gasteiger partial charge in [-0.2, -0.15) is 0 Å². The largest absolute Gasteiger partial charge is 0.399 e. The van der Waals surface area contributed by atoms with Crippen LogP contribution in [0.15, 0.2) is 30.6 Å². The van der Waals surface area contributed by atoms with Crippen LogP contribution in [-0.4, -0.2) is 34.0 Å². The van der Waals surface area contributed by atoms with E-state index in [1.54, 1.807) is 18.1 Å². The molecule has 6 nitrogen and oxygen atoms in total. The first kappa shape index (κ1) is 15.0. The molecule has 3 N–H and O–H groups in total. The number of nitrogens with one attached hydrogen (secondary N) is 1. The second kappa shape index (κ2) is 6.36. The highest BCUT2D eigenvalue weighted by Crippen LogP contribution is 2.17. The number of imidazole rings is 1. The number of benzene rings is 1. The van der Waals surface area contributed by atoms with Gasteiger partial charge in [0.1, 0.15) is 11.6 Å². The molecule has 112 valence electrons. The zero-order chi connectivity index (χ0) is 15.4. The molecule has 1 amide bonds. The number of carbonyl (C=O) groups excluding carboxylic acids is 1. The fourth-order valence-electron chi connectivity index (χ4n) is 1.92. The van der Waals surface area contributed by atoms with Crippen molar-refractivity contribution in [1.82, 2.24) is 14.5 Å². The molecule has 2 aromatic rings. The molecule has 0 saturated heterocycles. The monoisotopic (exact) mass is 291 g/mol. The Morgan fingerprint density at radius 3 is 2.95 bits per heavy atom. The predicted molar refractivity (Wildman–Crippen MR) is 79.0 cm³/mol. The van der Waals surface area contributed by atoms with Gasteiger partial charge in [-0.05, 0) is 25.2 Å². The number of aryl methyl sites for hydroxylation is 1. The number of likely N-dealkylation sites (N-methyl/N-ethyl adjacent to an activating group) is 1. The fourth-order valence-corrected chi connectivity index (χ4v) is 1.92. The van der Waals surface area contributed by atoms with Crippen molar-refractivity contribution < 1.29 is 9.18 Å². The van der Waals surface area contributed by atoms with Crippen LogP contribution in [0.25, 0.3) is 0 Å². The normalized spacial score (nSPS) is 10.9. The zero-order valence-electron chi connectivity index (χ0n) is 12.0. The topological polar surface area (TPSA) is 76.2 Å². The predicted octanol–water partition coefficient (Wildman–Crippen LogP) is 1.21. The summed E-state index contributed by atoms with van der Waals surface area (Å²) in [4.78, 5) is 17.9. The standard InChI is InChI=1S/C14H18FN5O/c1-19(8-13-17-5-6-20(13)2)9-14(21)18-12-7-10(16)3-4-11(12)15/h3-7H,8-9,16H2,1-2H3,(H,18,21). The molecule has 0 aliphatic heterocycles. The Morgan fingerprint density at radius 2 is 2.29 bits per heavy atom. The van der Waals surface area contributed by atoms with Crippen molar-refractivity contribution in [2.24, 2.45) is 7.05 Å². The lowest BCUT2D eigenvalue weighted by atomic mass is 10.2. The van der Waals surface area contributed by atoms with Crippen LogP contribution in [0.2, 0.25) is 0 Å². The van der Waals surface area contributed by atoms with E-state index in [0.29, 0.717) is 12.2 Å². The van der Waals surface area contributed by atoms with Gasteiger partial charge in [-0.3, -0.25) is 9.69 Å². The lowest BCUT2D eigenvalue weighted by Crippen LogP contribution is -2.30. The zero-order valence-corrected chi connectivity index (χ0v) is 12.0. The number of nitrogens with zero attached hydrogens (tertiary/aromatic N) is 3. The van der Waals surface area contributed by atoms with Crippen LogP contribution in [0.1, 0.15) is 5.82 Å². The van der Waals surface area contributed by atoms with E-state index in [9.17, 15) is 9.18 Å². The molecule has 1 heterocycles. The third-order valence-electron chi connectivity index (χ3n) is 3.01. The smallest absolute Gasteiger partial charge is 0.238 e. The summed E-state index contributed by atoms with van der Waals surface area (Å²) in [5, 5.41) is 2.51. The summed E-state index contributed by atoms with van der Waals surface area (Å²) >= 11 is 0. The van der Waals surface area contributed by atoms with Gasteiger partial charge < -0.3 is 15.6 Å². The van der Waals surface area contributed by atoms with Crippen molar-refractivity contribution in [2.75, 3.05) is 24.6 Å². The number of halogens is 1. The van der Waals surface area contributed by atoms with Crippen LogP contribution in [-0.2, 0) is 18.4 Å². The van der Waals surface area contributed by atoms with Crippen LogP contribution in [0.3, 0.4) is 0 Å². The maximum absolute atomic E-state index is 13.5. The van der Waals surface area contributed by atoms with Gasteiger partial charge >= 0.3 is 0 Å². The van der Waals surface area contributed by atoms with Gasteiger partial charge in [-0.15, -0.1) is 0 Å². The van der Waals surface area contributed by atoms with E-state index >= 15 is 0 Å². The van der Waals surface area contributed by atoms with Gasteiger partial charge in [0, 0.05) is 25.1 Å². The molecule has 21 heavy (non-hydrogen) atoms. The van der Waals surface area contributed by atoms with Crippen molar-refractivity contribution in [3.8, 4) is 0 Å². The van der Waals surface area contributed by atoms with E-state index in [0.717, 1.165) is 5.82 Å². The number of amides is 1. The minimum absolute atomic E-state index is 0.0883. The fraction of sp³-hybridized carbons (Fsp3) is 0.286. The number of anilines is 2. The van der Waals surface area contributed by atoms with E-state index < -0.39 is 5.82 Å². The first-order chi connectivity index (χ1) is 9.95. The van der Waals surface area contributed by atoms with Gasteiger partial charge in [0.15, 0.2) is 0 Å². The van der Waals surface area contributed by atoms with E-state index in [1.165, 1.54) is 18.2 Å². The molecule has 0 atom stereocenters. The van der Waals surface area contributed by atoms with E-state index in [2.05, 4.69) is 10.3 Å². The molecule has 1 aromatic carbocycles. The highest BCUT2D eigenvalue weighted by atomic mass is 19.1. The van der Waals surface area contributed by atoms with Gasteiger partial charge in [0.25, 0.3) is 0 Å². The van der Waals surface area contributed by atoms with Crippen molar-refractivity contribution in [3.63, 3.8) is 0 Å². The van der Waals surface area contributed by atoms with Crippen LogP contribution in [0.5, 0.6) is 0 Å². The number of aromatic nitrogens is 2. The number of nitrogen functional groups attached to an aromatic ring is 1. The molecular formula is C14H18FN5O. The second-order valence-electron chi connectivity index (χ2n) is 4.91. The number of carbonyl (C=O) groups is 1. The molecule has 0 aliphatic carbocycles. The van der Waals surface area contributed by atoms with E-state index in [1.807, 2.05) is 17.8 Å². The van der Waals surface area contributed by atoms with Crippen LogP contribution >= 0.6 is 0 Å². The summed E-state index contributed by atoms with van der Waals surface area (Å²) in [7, 11) is 3.68. The van der Waals surface area contributed by atoms with Crippen LogP contribution < -0.4 is 11.1 Å². The van der Waals surface area contributed by atoms with E-state index in [4.69, 9.17) is 5.73 Å². The SMILES string of the molecule is CN(CC(=O)Nc1cc(N)ccc1F)Cc1nccn1C. The summed E-state index contributed by atoms with van der Waals surface area (Å²) in [6.07, 6.45) is 3.54.